The van der Waals surface area contributed by atoms with Gasteiger partial charge in [-0.25, -0.2) is 0 Å². The van der Waals surface area contributed by atoms with Gasteiger partial charge in [-0.05, 0) is 31.5 Å². The maximum Gasteiger partial charge on any atom is 0.391 e. The van der Waals surface area contributed by atoms with Gasteiger partial charge in [-0.2, -0.15) is 13.2 Å². The number of carbonyl (C=O) groups excluding carboxylic acids is 1. The fourth-order valence-electron chi connectivity index (χ4n) is 1.53. The van der Waals surface area contributed by atoms with E-state index in [4.69, 9.17) is 0 Å². The summed E-state index contributed by atoms with van der Waals surface area (Å²) in [5.74, 6) is -0.962. The van der Waals surface area contributed by atoms with Gasteiger partial charge in [0.2, 0.25) is 0 Å². The number of benzene rings is 1. The molecule has 100 valence electrons. The van der Waals surface area contributed by atoms with Crippen molar-refractivity contribution >= 4 is 5.91 Å². The van der Waals surface area contributed by atoms with Gasteiger partial charge < -0.3 is 10.4 Å². The van der Waals surface area contributed by atoms with E-state index in [2.05, 4.69) is 5.32 Å². The minimum Gasteiger partial charge on any atom is -0.507 e. The maximum atomic E-state index is 12.1. The van der Waals surface area contributed by atoms with Crippen LogP contribution in [-0.4, -0.2) is 23.2 Å². The number of alkyl halides is 3. The summed E-state index contributed by atoms with van der Waals surface area (Å²) in [6, 6.07) is 3.31. The van der Waals surface area contributed by atoms with Crippen molar-refractivity contribution in [2.45, 2.75) is 32.5 Å². The third-order valence-corrected chi connectivity index (χ3v) is 2.31. The summed E-state index contributed by atoms with van der Waals surface area (Å²) in [6.45, 7) is 2.99. The molecule has 1 atom stereocenters. The van der Waals surface area contributed by atoms with E-state index in [9.17, 15) is 23.1 Å². The second kappa shape index (κ2) is 5.29. The average molecular weight is 261 g/mol. The van der Waals surface area contributed by atoms with Gasteiger partial charge in [0, 0.05) is 6.04 Å². The van der Waals surface area contributed by atoms with Gasteiger partial charge in [-0.15, -0.1) is 0 Å². The van der Waals surface area contributed by atoms with Gasteiger partial charge in [0.15, 0.2) is 0 Å². The first-order valence-corrected chi connectivity index (χ1v) is 5.36. The van der Waals surface area contributed by atoms with Crippen LogP contribution >= 0.6 is 0 Å². The zero-order valence-corrected chi connectivity index (χ0v) is 10.0. The number of phenols is 1. The van der Waals surface area contributed by atoms with Crippen molar-refractivity contribution in [1.82, 2.24) is 5.32 Å². The normalized spacial score (nSPS) is 13.2. The summed E-state index contributed by atoms with van der Waals surface area (Å²) in [6.07, 6.45) is -5.44. The number of hydrogen-bond acceptors (Lipinski definition) is 2. The third kappa shape index (κ3) is 4.27. The molecule has 0 spiro atoms. The van der Waals surface area contributed by atoms with Gasteiger partial charge in [-0.1, -0.05) is 6.07 Å². The molecule has 1 unspecified atom stereocenters. The van der Waals surface area contributed by atoms with Crippen molar-refractivity contribution in [2.24, 2.45) is 0 Å². The number of rotatable bonds is 3. The summed E-state index contributed by atoms with van der Waals surface area (Å²) < 4.78 is 36.3. The Morgan fingerprint density at radius 1 is 1.44 bits per heavy atom. The van der Waals surface area contributed by atoms with E-state index in [-0.39, 0.29) is 11.3 Å². The van der Waals surface area contributed by atoms with E-state index in [1.165, 1.54) is 19.1 Å². The number of carbonyl (C=O) groups is 1. The molecule has 0 bridgehead atoms. The molecular weight excluding hydrogens is 247 g/mol. The molecule has 0 fully saturated rings. The Hall–Kier alpha value is -1.72. The second-order valence-electron chi connectivity index (χ2n) is 4.21. The molecule has 0 aromatic heterocycles. The SMILES string of the molecule is Cc1ccc(C(=O)NC(C)CC(F)(F)F)c(O)c1. The molecule has 1 aromatic rings. The topological polar surface area (TPSA) is 49.3 Å². The Labute approximate surface area is 103 Å². The third-order valence-electron chi connectivity index (χ3n) is 2.31. The van der Waals surface area contributed by atoms with Gasteiger partial charge >= 0.3 is 6.18 Å². The molecule has 1 aromatic carbocycles. The molecule has 18 heavy (non-hydrogen) atoms. The van der Waals surface area contributed by atoms with E-state index < -0.39 is 24.5 Å². The molecule has 0 heterocycles. The standard InChI is InChI=1S/C12H14F3NO2/c1-7-3-4-9(10(17)5-7)11(18)16-8(2)6-12(13,14)15/h3-5,8,17H,6H2,1-2H3,(H,16,18). The summed E-state index contributed by atoms with van der Waals surface area (Å²) in [4.78, 5) is 11.6. The lowest BCUT2D eigenvalue weighted by Gasteiger charge is -2.16. The number of hydrogen-bond donors (Lipinski definition) is 2. The van der Waals surface area contributed by atoms with Gasteiger partial charge in [0.05, 0.1) is 12.0 Å². The fourth-order valence-corrected chi connectivity index (χ4v) is 1.53. The first-order chi connectivity index (χ1) is 8.19. The van der Waals surface area contributed by atoms with Crippen LogP contribution in [0.4, 0.5) is 13.2 Å². The predicted molar refractivity (Wildman–Crippen MR) is 60.4 cm³/mol. The number of aromatic hydroxyl groups is 1. The number of amides is 1. The van der Waals surface area contributed by atoms with Crippen LogP contribution in [0, 0.1) is 6.92 Å². The molecule has 3 nitrogen and oxygen atoms in total. The van der Waals surface area contributed by atoms with E-state index in [1.54, 1.807) is 13.0 Å². The molecule has 1 amide bonds. The lowest BCUT2D eigenvalue weighted by Crippen LogP contribution is -2.35. The minimum absolute atomic E-state index is 0.0328. The van der Waals surface area contributed by atoms with Gasteiger partial charge in [0.1, 0.15) is 5.75 Å². The molecule has 0 aliphatic rings. The van der Waals surface area contributed by atoms with E-state index in [0.717, 1.165) is 5.56 Å². The number of nitrogens with one attached hydrogen (secondary N) is 1. The molecule has 0 saturated carbocycles. The highest BCUT2D eigenvalue weighted by Crippen LogP contribution is 2.22. The lowest BCUT2D eigenvalue weighted by molar-refractivity contribution is -0.138. The second-order valence-corrected chi connectivity index (χ2v) is 4.21. The Kier molecular flexibility index (Phi) is 4.21. The molecule has 6 heteroatoms. The summed E-state index contributed by atoms with van der Waals surface area (Å²) >= 11 is 0. The van der Waals surface area contributed by atoms with Crippen LogP contribution in [0.25, 0.3) is 0 Å². The van der Waals surface area contributed by atoms with Crippen LogP contribution in [0.15, 0.2) is 18.2 Å². The van der Waals surface area contributed by atoms with Gasteiger partial charge in [-0.3, -0.25) is 4.79 Å². The Balaban J connectivity index is 2.71. The van der Waals surface area contributed by atoms with Gasteiger partial charge in [0.25, 0.3) is 5.91 Å². The van der Waals surface area contributed by atoms with Crippen molar-refractivity contribution < 1.29 is 23.1 Å². The Morgan fingerprint density at radius 2 is 2.06 bits per heavy atom. The van der Waals surface area contributed by atoms with Crippen LogP contribution in [0.2, 0.25) is 0 Å². The summed E-state index contributed by atoms with van der Waals surface area (Å²) in [5.41, 5.74) is 0.724. The first-order valence-electron chi connectivity index (χ1n) is 5.36. The fraction of sp³-hybridized carbons (Fsp3) is 0.417. The average Bonchev–Trinajstić information content (AvgIpc) is 2.13. The molecule has 0 radical (unpaired) electrons. The first kappa shape index (κ1) is 14.3. The molecule has 2 N–H and O–H groups in total. The Morgan fingerprint density at radius 3 is 2.56 bits per heavy atom. The van der Waals surface area contributed by atoms with Crippen molar-refractivity contribution in [3.05, 3.63) is 29.3 Å². The van der Waals surface area contributed by atoms with Crippen LogP contribution < -0.4 is 5.32 Å². The van der Waals surface area contributed by atoms with Crippen molar-refractivity contribution in [3.63, 3.8) is 0 Å². The smallest absolute Gasteiger partial charge is 0.391 e. The molecular formula is C12H14F3NO2. The number of aryl methyl sites for hydroxylation is 1. The Bertz CT molecular complexity index is 443. The molecule has 0 saturated heterocycles. The quantitative estimate of drug-likeness (QED) is 0.879. The maximum absolute atomic E-state index is 12.1. The predicted octanol–water partition coefficient (Wildman–Crippen LogP) is 2.77. The minimum atomic E-state index is -4.33. The zero-order chi connectivity index (χ0) is 13.9. The number of phenolic OH excluding ortho intramolecular Hbond substituents is 1. The van der Waals surface area contributed by atoms with Crippen LogP contribution in [0.1, 0.15) is 29.3 Å². The highest BCUT2D eigenvalue weighted by molar-refractivity contribution is 5.97. The molecule has 0 aliphatic heterocycles. The van der Waals surface area contributed by atoms with Crippen molar-refractivity contribution in [3.8, 4) is 5.75 Å². The molecule has 0 aliphatic carbocycles. The highest BCUT2D eigenvalue weighted by Gasteiger charge is 2.30. The van der Waals surface area contributed by atoms with E-state index in [1.807, 2.05) is 0 Å². The lowest BCUT2D eigenvalue weighted by atomic mass is 10.1. The van der Waals surface area contributed by atoms with Crippen LogP contribution in [-0.2, 0) is 0 Å². The van der Waals surface area contributed by atoms with Crippen molar-refractivity contribution in [2.75, 3.05) is 0 Å². The monoisotopic (exact) mass is 261 g/mol. The summed E-state index contributed by atoms with van der Waals surface area (Å²) in [5, 5.41) is 11.7. The van der Waals surface area contributed by atoms with Crippen LogP contribution in [0.3, 0.4) is 0 Å². The number of halogens is 3. The van der Waals surface area contributed by atoms with Crippen LogP contribution in [0.5, 0.6) is 5.75 Å². The highest BCUT2D eigenvalue weighted by atomic mass is 19.4. The molecule has 1 rings (SSSR count). The van der Waals surface area contributed by atoms with E-state index >= 15 is 0 Å². The summed E-state index contributed by atoms with van der Waals surface area (Å²) in [7, 11) is 0. The zero-order valence-electron chi connectivity index (χ0n) is 10.0. The van der Waals surface area contributed by atoms with Crippen molar-refractivity contribution in [1.29, 1.82) is 0 Å². The largest absolute Gasteiger partial charge is 0.507 e. The van der Waals surface area contributed by atoms with E-state index in [0.29, 0.717) is 0 Å².